The molecule has 2 bridgehead atoms. The minimum atomic E-state index is 0.182. The molecule has 1 aliphatic carbocycles. The average molecular weight is 180 g/mol. The molecular formula is C12H20O. The molecule has 2 heterocycles. The molecule has 0 N–H and O–H groups in total. The van der Waals surface area contributed by atoms with Crippen LogP contribution >= 0.6 is 0 Å². The zero-order chi connectivity index (χ0) is 9.47. The quantitative estimate of drug-likeness (QED) is 0.593. The highest BCUT2D eigenvalue weighted by Crippen LogP contribution is 2.48. The lowest BCUT2D eigenvalue weighted by atomic mass is 9.67. The highest BCUT2D eigenvalue weighted by molar-refractivity contribution is 4.98. The van der Waals surface area contributed by atoms with Crippen LogP contribution in [0.25, 0.3) is 0 Å². The second kappa shape index (κ2) is 3.13. The molecule has 1 heteroatoms. The number of fused-ring (bicyclic) bond motifs is 3. The Labute approximate surface area is 81.2 Å². The van der Waals surface area contributed by atoms with Crippen molar-refractivity contribution in [2.75, 3.05) is 0 Å². The van der Waals surface area contributed by atoms with Crippen molar-refractivity contribution in [2.45, 2.75) is 51.2 Å². The van der Waals surface area contributed by atoms with Gasteiger partial charge in [0.05, 0.1) is 11.7 Å². The van der Waals surface area contributed by atoms with Crippen LogP contribution in [0.5, 0.6) is 0 Å². The molecule has 1 nitrogen and oxygen atoms in total. The first-order chi connectivity index (χ1) is 6.14. The van der Waals surface area contributed by atoms with Gasteiger partial charge in [-0.05, 0) is 44.4 Å². The molecule has 3 aliphatic rings. The zero-order valence-corrected chi connectivity index (χ0v) is 8.75. The Morgan fingerprint density at radius 2 is 2.38 bits per heavy atom. The van der Waals surface area contributed by atoms with E-state index in [1.54, 1.807) is 0 Å². The third-order valence-corrected chi connectivity index (χ3v) is 3.80. The number of hydrogen-bond acceptors (Lipinski definition) is 1. The first-order valence-electron chi connectivity index (χ1n) is 5.43. The first-order valence-corrected chi connectivity index (χ1v) is 5.43. The van der Waals surface area contributed by atoms with Crippen molar-refractivity contribution >= 4 is 0 Å². The van der Waals surface area contributed by atoms with Crippen molar-refractivity contribution in [2.24, 2.45) is 11.8 Å². The normalized spacial score (nSPS) is 49.2. The van der Waals surface area contributed by atoms with E-state index < -0.39 is 0 Å². The summed E-state index contributed by atoms with van der Waals surface area (Å²) in [5, 5.41) is 0. The predicted octanol–water partition coefficient (Wildman–Crippen LogP) is 3.16. The van der Waals surface area contributed by atoms with Gasteiger partial charge >= 0.3 is 0 Å². The van der Waals surface area contributed by atoms with Crippen LogP contribution in [0.1, 0.15) is 39.5 Å². The molecule has 4 unspecified atom stereocenters. The molecular weight excluding hydrogens is 160 g/mol. The Balaban J connectivity index is 2.12. The molecule has 0 aromatic rings. The second-order valence-corrected chi connectivity index (χ2v) is 5.01. The molecule has 3 fully saturated rings. The van der Waals surface area contributed by atoms with Gasteiger partial charge in [-0.2, -0.15) is 0 Å². The summed E-state index contributed by atoms with van der Waals surface area (Å²) >= 11 is 0. The molecule has 1 saturated carbocycles. The highest BCUT2D eigenvalue weighted by atomic mass is 16.5. The SMILES string of the molecule is C=CCC1OC2(C)CCC1C(C)C2. The van der Waals surface area contributed by atoms with Crippen LogP contribution in [0.4, 0.5) is 0 Å². The Kier molecular flexibility index (Phi) is 2.23. The van der Waals surface area contributed by atoms with E-state index in [-0.39, 0.29) is 5.60 Å². The summed E-state index contributed by atoms with van der Waals surface area (Å²) in [7, 11) is 0. The maximum Gasteiger partial charge on any atom is 0.0661 e. The van der Waals surface area contributed by atoms with Crippen LogP contribution in [0.3, 0.4) is 0 Å². The topological polar surface area (TPSA) is 9.23 Å². The summed E-state index contributed by atoms with van der Waals surface area (Å²) in [6, 6.07) is 0. The molecule has 2 aliphatic heterocycles. The van der Waals surface area contributed by atoms with E-state index in [2.05, 4.69) is 20.4 Å². The average Bonchev–Trinajstić information content (AvgIpc) is 2.02. The van der Waals surface area contributed by atoms with E-state index >= 15 is 0 Å². The van der Waals surface area contributed by atoms with Gasteiger partial charge in [-0.3, -0.25) is 0 Å². The fourth-order valence-electron chi connectivity index (χ4n) is 3.19. The van der Waals surface area contributed by atoms with Gasteiger partial charge in [0, 0.05) is 0 Å². The maximum atomic E-state index is 6.11. The van der Waals surface area contributed by atoms with Crippen LogP contribution < -0.4 is 0 Å². The van der Waals surface area contributed by atoms with E-state index in [4.69, 9.17) is 4.74 Å². The Morgan fingerprint density at radius 3 is 2.92 bits per heavy atom. The second-order valence-electron chi connectivity index (χ2n) is 5.01. The van der Waals surface area contributed by atoms with Gasteiger partial charge in [0.25, 0.3) is 0 Å². The van der Waals surface area contributed by atoms with E-state index in [9.17, 15) is 0 Å². The monoisotopic (exact) mass is 180 g/mol. The van der Waals surface area contributed by atoms with E-state index in [1.807, 2.05) is 6.08 Å². The maximum absolute atomic E-state index is 6.11. The van der Waals surface area contributed by atoms with E-state index in [0.717, 1.165) is 18.3 Å². The third-order valence-electron chi connectivity index (χ3n) is 3.80. The number of rotatable bonds is 2. The van der Waals surface area contributed by atoms with Crippen molar-refractivity contribution in [3.8, 4) is 0 Å². The Bertz CT molecular complexity index is 211. The van der Waals surface area contributed by atoms with Gasteiger partial charge in [0.2, 0.25) is 0 Å². The van der Waals surface area contributed by atoms with Gasteiger partial charge in [0.1, 0.15) is 0 Å². The van der Waals surface area contributed by atoms with E-state index in [1.165, 1.54) is 19.3 Å². The lowest BCUT2D eigenvalue weighted by molar-refractivity contribution is -0.202. The summed E-state index contributed by atoms with van der Waals surface area (Å²) in [6.45, 7) is 8.45. The third kappa shape index (κ3) is 1.54. The Morgan fingerprint density at radius 1 is 1.62 bits per heavy atom. The van der Waals surface area contributed by atoms with Crippen molar-refractivity contribution in [1.29, 1.82) is 0 Å². The largest absolute Gasteiger partial charge is 0.371 e. The minimum Gasteiger partial charge on any atom is -0.371 e. The van der Waals surface area contributed by atoms with Gasteiger partial charge in [-0.25, -0.2) is 0 Å². The van der Waals surface area contributed by atoms with Gasteiger partial charge in [-0.15, -0.1) is 6.58 Å². The van der Waals surface area contributed by atoms with Gasteiger partial charge in [-0.1, -0.05) is 13.0 Å². The fourth-order valence-corrected chi connectivity index (χ4v) is 3.19. The molecule has 0 spiro atoms. The molecule has 2 saturated heterocycles. The summed E-state index contributed by atoms with van der Waals surface area (Å²) in [4.78, 5) is 0. The predicted molar refractivity (Wildman–Crippen MR) is 54.6 cm³/mol. The number of hydrogen-bond donors (Lipinski definition) is 0. The fraction of sp³-hybridized carbons (Fsp3) is 0.833. The van der Waals surface area contributed by atoms with E-state index in [0.29, 0.717) is 6.10 Å². The Hall–Kier alpha value is -0.300. The zero-order valence-electron chi connectivity index (χ0n) is 8.75. The summed E-state index contributed by atoms with van der Waals surface area (Å²) in [6.07, 6.45) is 7.36. The van der Waals surface area contributed by atoms with Crippen molar-refractivity contribution in [1.82, 2.24) is 0 Å². The molecule has 0 amide bonds. The van der Waals surface area contributed by atoms with Crippen LogP contribution in [-0.2, 0) is 4.74 Å². The van der Waals surface area contributed by atoms with Gasteiger partial charge in [0.15, 0.2) is 0 Å². The van der Waals surface area contributed by atoms with Crippen molar-refractivity contribution in [3.05, 3.63) is 12.7 Å². The molecule has 0 aromatic heterocycles. The van der Waals surface area contributed by atoms with Gasteiger partial charge < -0.3 is 4.74 Å². The summed E-state index contributed by atoms with van der Waals surface area (Å²) in [5.74, 6) is 1.64. The molecule has 4 atom stereocenters. The van der Waals surface area contributed by atoms with Crippen LogP contribution in [-0.4, -0.2) is 11.7 Å². The standard InChI is InChI=1S/C12H20O/c1-4-5-11-10-6-7-12(3,13-11)8-9(10)2/h4,9-11H,1,5-8H2,2-3H3. The highest BCUT2D eigenvalue weighted by Gasteiger charge is 2.46. The van der Waals surface area contributed by atoms with Crippen LogP contribution in [0, 0.1) is 11.8 Å². The lowest BCUT2D eigenvalue weighted by Gasteiger charge is -2.52. The lowest BCUT2D eigenvalue weighted by Crippen LogP contribution is -2.52. The van der Waals surface area contributed by atoms with Crippen molar-refractivity contribution in [3.63, 3.8) is 0 Å². The summed E-state index contributed by atoms with van der Waals surface area (Å²) < 4.78 is 6.11. The molecule has 0 radical (unpaired) electrons. The summed E-state index contributed by atoms with van der Waals surface area (Å²) in [5.41, 5.74) is 0.182. The smallest absolute Gasteiger partial charge is 0.0661 e. The molecule has 0 aromatic carbocycles. The molecule has 3 rings (SSSR count). The van der Waals surface area contributed by atoms with Crippen LogP contribution in [0.2, 0.25) is 0 Å². The molecule has 74 valence electrons. The minimum absolute atomic E-state index is 0.182. The van der Waals surface area contributed by atoms with Crippen molar-refractivity contribution < 1.29 is 4.74 Å². The van der Waals surface area contributed by atoms with Crippen LogP contribution in [0.15, 0.2) is 12.7 Å². The first kappa shape index (κ1) is 9.26. The molecule has 13 heavy (non-hydrogen) atoms. The number of ether oxygens (including phenoxy) is 1.